The number of nitrogens with zero attached hydrogens (tertiary/aromatic N) is 4. The maximum Gasteiger partial charge on any atom is 0.423 e. The summed E-state index contributed by atoms with van der Waals surface area (Å²) in [7, 11) is 1.39. The van der Waals surface area contributed by atoms with Crippen LogP contribution in [0.2, 0.25) is 0 Å². The van der Waals surface area contributed by atoms with E-state index in [2.05, 4.69) is 20.4 Å². The third-order valence-electron chi connectivity index (χ3n) is 5.78. The van der Waals surface area contributed by atoms with Gasteiger partial charge >= 0.3 is 6.18 Å². The van der Waals surface area contributed by atoms with Crippen molar-refractivity contribution >= 4 is 16.5 Å². The molecule has 0 radical (unpaired) electrons. The number of methoxy groups -OCH3 is 1. The molecule has 206 valence electrons. The Hall–Kier alpha value is -4.43. The quantitative estimate of drug-likeness (QED) is 0.316. The topological polar surface area (TPSA) is 115 Å². The molecule has 4 rings (SSSR count). The molecule has 3 heterocycles. The van der Waals surface area contributed by atoms with Gasteiger partial charge in [0.25, 0.3) is 11.1 Å². The summed E-state index contributed by atoms with van der Waals surface area (Å²) in [5.74, 6) is -1.62. The average Bonchev–Trinajstić information content (AvgIpc) is 2.86. The second kappa shape index (κ2) is 10.7. The van der Waals surface area contributed by atoms with Crippen LogP contribution in [0.1, 0.15) is 18.9 Å². The molecule has 3 aromatic heterocycles. The summed E-state index contributed by atoms with van der Waals surface area (Å²) in [5.41, 5.74) is -4.68. The van der Waals surface area contributed by atoms with Gasteiger partial charge < -0.3 is 14.6 Å². The molecule has 0 spiro atoms. The summed E-state index contributed by atoms with van der Waals surface area (Å²) >= 11 is 0. The number of pyridine rings is 1. The molecule has 1 aromatic carbocycles. The number of hydrogen-bond donors (Lipinski definition) is 2. The second-order valence-electron chi connectivity index (χ2n) is 8.62. The van der Waals surface area contributed by atoms with Crippen molar-refractivity contribution in [1.82, 2.24) is 24.7 Å². The first kappa shape index (κ1) is 27.6. The number of halogens is 6. The standard InChI is InChI=1S/C24H20F6N6O3/c1-11(34-19-8-33-35-22(37)20(19)24(28,29)30)3-12(25)9-36-10-18(27)14-4-16(17(26)5-15(14)23(36)38)21-31-6-13(39-2)7-32-21/h4-8,10-12H,3,9H2,1-2H3,(H2,34,35,37). The van der Waals surface area contributed by atoms with E-state index in [1.54, 1.807) is 5.10 Å². The Morgan fingerprint density at radius 2 is 1.77 bits per heavy atom. The van der Waals surface area contributed by atoms with Gasteiger partial charge in [-0.1, -0.05) is 0 Å². The molecule has 2 N–H and O–H groups in total. The molecule has 39 heavy (non-hydrogen) atoms. The van der Waals surface area contributed by atoms with E-state index < -0.39 is 65.4 Å². The lowest BCUT2D eigenvalue weighted by Gasteiger charge is -2.20. The number of rotatable bonds is 8. The highest BCUT2D eigenvalue weighted by molar-refractivity contribution is 5.86. The SMILES string of the molecule is COc1cnc(-c2cc3c(F)cn(CC(F)CC(C)Nc4cn[nH]c(=O)c4C(F)(F)F)c(=O)c3cc2F)nc1. The van der Waals surface area contributed by atoms with Crippen molar-refractivity contribution in [2.24, 2.45) is 0 Å². The van der Waals surface area contributed by atoms with Crippen molar-refractivity contribution in [3.63, 3.8) is 0 Å². The van der Waals surface area contributed by atoms with E-state index in [0.717, 1.165) is 24.5 Å². The van der Waals surface area contributed by atoms with Gasteiger partial charge in [0, 0.05) is 24.0 Å². The maximum atomic E-state index is 14.9. The Balaban J connectivity index is 1.55. The van der Waals surface area contributed by atoms with Crippen LogP contribution in [-0.2, 0) is 12.7 Å². The zero-order valence-corrected chi connectivity index (χ0v) is 20.3. The highest BCUT2D eigenvalue weighted by Gasteiger charge is 2.37. The summed E-state index contributed by atoms with van der Waals surface area (Å²) in [6.45, 7) is 0.693. The number of fused-ring (bicyclic) bond motifs is 1. The van der Waals surface area contributed by atoms with Gasteiger partial charge in [0.15, 0.2) is 11.6 Å². The van der Waals surface area contributed by atoms with E-state index in [1.165, 1.54) is 26.4 Å². The van der Waals surface area contributed by atoms with Crippen LogP contribution in [0.3, 0.4) is 0 Å². The van der Waals surface area contributed by atoms with E-state index in [4.69, 9.17) is 4.74 Å². The molecule has 0 aliphatic heterocycles. The van der Waals surface area contributed by atoms with Gasteiger partial charge in [-0.05, 0) is 19.1 Å². The van der Waals surface area contributed by atoms with Crippen molar-refractivity contribution in [2.75, 3.05) is 12.4 Å². The Kier molecular flexibility index (Phi) is 7.60. The molecule has 0 saturated carbocycles. The molecule has 9 nitrogen and oxygen atoms in total. The monoisotopic (exact) mass is 554 g/mol. The van der Waals surface area contributed by atoms with Crippen LogP contribution in [0.25, 0.3) is 22.2 Å². The number of alkyl halides is 4. The zero-order valence-electron chi connectivity index (χ0n) is 20.3. The van der Waals surface area contributed by atoms with Crippen molar-refractivity contribution in [3.8, 4) is 17.1 Å². The predicted octanol–water partition coefficient (Wildman–Crippen LogP) is 4.08. The van der Waals surface area contributed by atoms with Crippen molar-refractivity contribution in [2.45, 2.75) is 38.3 Å². The summed E-state index contributed by atoms with van der Waals surface area (Å²) in [6.07, 6.45) is -3.16. The smallest absolute Gasteiger partial charge is 0.423 e. The van der Waals surface area contributed by atoms with Crippen LogP contribution in [0.4, 0.5) is 32.0 Å². The zero-order chi connectivity index (χ0) is 28.5. The first-order valence-electron chi connectivity index (χ1n) is 11.3. The molecule has 0 amide bonds. The first-order valence-corrected chi connectivity index (χ1v) is 11.3. The molecule has 0 fully saturated rings. The third-order valence-corrected chi connectivity index (χ3v) is 5.78. The Labute approximate surface area is 215 Å². The lowest BCUT2D eigenvalue weighted by molar-refractivity contribution is -0.138. The van der Waals surface area contributed by atoms with Gasteiger partial charge in [-0.2, -0.15) is 18.3 Å². The summed E-state index contributed by atoms with van der Waals surface area (Å²) in [6, 6.07) is 0.923. The molecular formula is C24H20F6N6O3. The molecule has 2 atom stereocenters. The summed E-state index contributed by atoms with van der Waals surface area (Å²) in [4.78, 5) is 32.4. The van der Waals surface area contributed by atoms with Gasteiger partial charge in [-0.15, -0.1) is 0 Å². The molecule has 0 saturated heterocycles. The Morgan fingerprint density at radius 3 is 2.41 bits per heavy atom. The van der Waals surface area contributed by atoms with Gasteiger partial charge in [0.05, 0.1) is 48.9 Å². The molecule has 15 heteroatoms. The van der Waals surface area contributed by atoms with Crippen molar-refractivity contribution in [3.05, 3.63) is 74.8 Å². The number of H-pyrrole nitrogens is 1. The maximum absolute atomic E-state index is 14.9. The highest BCUT2D eigenvalue weighted by atomic mass is 19.4. The second-order valence-corrected chi connectivity index (χ2v) is 8.62. The summed E-state index contributed by atoms with van der Waals surface area (Å²) < 4.78 is 90.0. The van der Waals surface area contributed by atoms with Gasteiger partial charge in [-0.3, -0.25) is 9.59 Å². The lowest BCUT2D eigenvalue weighted by Crippen LogP contribution is -2.30. The molecular weight excluding hydrogens is 534 g/mol. The van der Waals surface area contributed by atoms with Crippen LogP contribution < -0.4 is 21.2 Å². The number of nitrogens with one attached hydrogen (secondary N) is 2. The van der Waals surface area contributed by atoms with Gasteiger partial charge in [0.2, 0.25) is 0 Å². The Morgan fingerprint density at radius 1 is 1.08 bits per heavy atom. The fourth-order valence-electron chi connectivity index (χ4n) is 4.02. The number of aromatic nitrogens is 5. The third kappa shape index (κ3) is 5.86. The fraction of sp³-hybridized carbons (Fsp3) is 0.292. The highest BCUT2D eigenvalue weighted by Crippen LogP contribution is 2.32. The normalized spacial score (nSPS) is 13.3. The number of aromatic amines is 1. The van der Waals surface area contributed by atoms with Crippen LogP contribution in [-0.4, -0.2) is 44.1 Å². The average molecular weight is 554 g/mol. The number of hydrogen-bond acceptors (Lipinski definition) is 7. The van der Waals surface area contributed by atoms with Gasteiger partial charge in [0.1, 0.15) is 23.4 Å². The number of benzene rings is 1. The van der Waals surface area contributed by atoms with Crippen LogP contribution >= 0.6 is 0 Å². The van der Waals surface area contributed by atoms with E-state index in [-0.39, 0.29) is 22.2 Å². The Bertz CT molecular complexity index is 1620. The van der Waals surface area contributed by atoms with Crippen LogP contribution in [0.5, 0.6) is 5.75 Å². The van der Waals surface area contributed by atoms with Gasteiger partial charge in [-0.25, -0.2) is 28.2 Å². The van der Waals surface area contributed by atoms with E-state index in [9.17, 15) is 35.9 Å². The van der Waals surface area contributed by atoms with Crippen molar-refractivity contribution in [1.29, 1.82) is 0 Å². The minimum atomic E-state index is -4.99. The molecule has 0 aliphatic carbocycles. The van der Waals surface area contributed by atoms with Crippen LogP contribution in [0.15, 0.2) is 46.5 Å². The van der Waals surface area contributed by atoms with Crippen molar-refractivity contribution < 1.29 is 31.1 Å². The van der Waals surface area contributed by atoms with E-state index >= 15 is 0 Å². The largest absolute Gasteiger partial charge is 0.494 e. The van der Waals surface area contributed by atoms with E-state index in [1.807, 2.05) is 0 Å². The predicted molar refractivity (Wildman–Crippen MR) is 128 cm³/mol. The minimum absolute atomic E-state index is 0.0756. The lowest BCUT2D eigenvalue weighted by atomic mass is 10.1. The minimum Gasteiger partial charge on any atom is -0.494 e. The van der Waals surface area contributed by atoms with E-state index in [0.29, 0.717) is 10.3 Å². The number of anilines is 1. The molecule has 4 aromatic rings. The fourth-order valence-corrected chi connectivity index (χ4v) is 4.02. The molecule has 2 unspecified atom stereocenters. The first-order chi connectivity index (χ1) is 18.4. The summed E-state index contributed by atoms with van der Waals surface area (Å²) in [5, 5.41) is 6.82. The van der Waals surface area contributed by atoms with Crippen LogP contribution in [0, 0.1) is 11.6 Å². The number of ether oxygens (including phenoxy) is 1. The molecule has 0 aliphatic rings. The molecule has 0 bridgehead atoms.